The number of fused-ring (bicyclic) bond motifs is 2. The average molecular weight is 1290 g/mol. The van der Waals surface area contributed by atoms with E-state index in [2.05, 4.69) is 24.9 Å². The smallest absolute Gasteiger partial charge is 0.406 e. The number of benzene rings is 6. The van der Waals surface area contributed by atoms with Crippen molar-refractivity contribution in [2.24, 2.45) is 0 Å². The quantitative estimate of drug-likeness (QED) is 0.0686. The minimum Gasteiger partial charge on any atom is -0.406 e. The molecule has 14 nitrogen and oxygen atoms in total. The fourth-order valence-electron chi connectivity index (χ4n) is 6.99. The number of para-hydroxylation sites is 4. The van der Waals surface area contributed by atoms with E-state index in [4.69, 9.17) is 5.73 Å². The summed E-state index contributed by atoms with van der Waals surface area (Å²) < 4.78 is 132. The Morgan fingerprint density at radius 2 is 0.761 bits per heavy atom. The zero-order valence-electron chi connectivity index (χ0n) is 37.2. The van der Waals surface area contributed by atoms with Crippen molar-refractivity contribution in [3.05, 3.63) is 189 Å². The molecule has 0 spiro atoms. The number of nitrogens with two attached hydrogens (primary N) is 1. The van der Waals surface area contributed by atoms with Gasteiger partial charge in [0.15, 0.2) is 0 Å². The van der Waals surface area contributed by atoms with E-state index >= 15 is 0 Å². The number of hydrogen-bond acceptors (Lipinski definition) is 9. The first-order valence-electron chi connectivity index (χ1n) is 20.1. The van der Waals surface area contributed by atoms with Crippen molar-refractivity contribution in [1.82, 2.24) is 18.3 Å². The Labute approximate surface area is 436 Å². The normalized spacial score (nSPS) is 11.6. The van der Waals surface area contributed by atoms with Gasteiger partial charge in [0.1, 0.15) is 11.5 Å². The molecule has 25 heteroatoms. The van der Waals surface area contributed by atoms with Crippen LogP contribution in [-0.2, 0) is 45.3 Å². The van der Waals surface area contributed by atoms with Crippen LogP contribution in [0.2, 0.25) is 0 Å². The number of alkyl halides is 6. The van der Waals surface area contributed by atoms with E-state index in [1.54, 1.807) is 66.8 Å². The molecule has 71 heavy (non-hydrogen) atoms. The second-order valence-electron chi connectivity index (χ2n) is 15.3. The summed E-state index contributed by atoms with van der Waals surface area (Å²) in [5, 5.41) is 0. The monoisotopic (exact) mass is 1290 g/mol. The third-order valence-corrected chi connectivity index (χ3v) is 10.4. The van der Waals surface area contributed by atoms with Gasteiger partial charge in [-0.05, 0) is 95.1 Å². The largest absolute Gasteiger partial charge is 0.573 e. The number of nitrogens with one attached hydrogen (secondary N) is 1. The molecule has 0 aliphatic rings. The Morgan fingerprint density at radius 3 is 1.01 bits per heavy atom. The van der Waals surface area contributed by atoms with Gasteiger partial charge in [0, 0.05) is 53.2 Å². The van der Waals surface area contributed by atoms with Crippen LogP contribution >= 0.6 is 23.1 Å². The molecule has 0 saturated heterocycles. The van der Waals surface area contributed by atoms with Gasteiger partial charge in [-0.2, -0.15) is 0 Å². The number of sulfonamides is 1. The topological polar surface area (TPSA) is 179 Å². The Bertz CT molecular complexity index is 3400. The Hall–Kier alpha value is -5.83. The minimum absolute atomic E-state index is 0. The van der Waals surface area contributed by atoms with Gasteiger partial charge in [0.2, 0.25) is 19.1 Å². The van der Waals surface area contributed by atoms with Gasteiger partial charge < -0.3 is 15.2 Å². The van der Waals surface area contributed by atoms with E-state index in [0.29, 0.717) is 40.1 Å². The molecule has 0 amide bonds. The molecule has 0 aliphatic carbocycles. The van der Waals surface area contributed by atoms with Crippen LogP contribution in [0.25, 0.3) is 22.1 Å². The molecule has 8 rings (SSSR count). The summed E-state index contributed by atoms with van der Waals surface area (Å²) in [5.74, 6) is -0.635. The molecular weight excluding hydrogens is 1250 g/mol. The zero-order chi connectivity index (χ0) is 50.3. The molecule has 0 radical (unpaired) electrons. The second-order valence-corrected chi connectivity index (χ2v) is 20.1. The third kappa shape index (κ3) is 17.5. The van der Waals surface area contributed by atoms with Crippen LogP contribution in [0, 0.1) is 31.1 Å². The predicted octanol–water partition coefficient (Wildman–Crippen LogP) is 9.16. The fourth-order valence-corrected chi connectivity index (χ4v) is 7.56. The number of anilines is 2. The van der Waals surface area contributed by atoms with Crippen LogP contribution in [0.1, 0.15) is 22.3 Å². The van der Waals surface area contributed by atoms with Crippen LogP contribution in [0.3, 0.4) is 0 Å². The van der Waals surface area contributed by atoms with Crippen LogP contribution in [0.4, 0.5) is 37.7 Å². The van der Waals surface area contributed by atoms with Crippen molar-refractivity contribution >= 4 is 75.6 Å². The van der Waals surface area contributed by atoms with E-state index in [-0.39, 0.29) is 86.0 Å². The van der Waals surface area contributed by atoms with Crippen molar-refractivity contribution in [3.8, 4) is 11.5 Å². The molecule has 3 N–H and O–H groups in total. The maximum Gasteiger partial charge on any atom is 0.573 e. The maximum absolute atomic E-state index is 13.3. The Morgan fingerprint density at radius 1 is 0.507 bits per heavy atom. The molecule has 2 aromatic heterocycles. The molecule has 0 atom stereocenters. The summed E-state index contributed by atoms with van der Waals surface area (Å²) >= 11 is 0. The van der Waals surface area contributed by atoms with Gasteiger partial charge >= 0.3 is 24.1 Å². The van der Waals surface area contributed by atoms with Crippen LogP contribution < -0.4 is 31.3 Å². The first-order chi connectivity index (χ1) is 32.3. The molecule has 6 aromatic carbocycles. The molecule has 0 saturated carbocycles. The van der Waals surface area contributed by atoms with E-state index < -0.39 is 31.8 Å². The Kier molecular flexibility index (Phi) is 19.6. The summed E-state index contributed by atoms with van der Waals surface area (Å²) in [6, 6.07) is 39.5. The summed E-state index contributed by atoms with van der Waals surface area (Å²) in [6.07, 6.45) is -7.53. The number of imidazole rings is 2. The van der Waals surface area contributed by atoms with Gasteiger partial charge in [-0.1, -0.05) is 72.8 Å². The molecule has 0 aliphatic heterocycles. The van der Waals surface area contributed by atoms with E-state index in [0.717, 1.165) is 34.7 Å². The van der Waals surface area contributed by atoms with Crippen molar-refractivity contribution < 1.29 is 83.8 Å². The predicted molar refractivity (Wildman–Crippen MR) is 259 cm³/mol. The van der Waals surface area contributed by atoms with Gasteiger partial charge in [-0.25, -0.2) is 26.4 Å². The number of ether oxygens (including phenoxy) is 2. The molecule has 2 heterocycles. The van der Waals surface area contributed by atoms with Crippen LogP contribution in [0.15, 0.2) is 155 Å². The van der Waals surface area contributed by atoms with E-state index in [9.17, 15) is 52.8 Å². The number of halogens is 8. The van der Waals surface area contributed by atoms with Crippen molar-refractivity contribution in [3.63, 3.8) is 0 Å². The van der Waals surface area contributed by atoms with E-state index in [1.807, 2.05) is 48.5 Å². The summed E-state index contributed by atoms with van der Waals surface area (Å²) in [5.41, 5.74) is 12.2. The molecular formula is C46H42Cl2F6N6O8S2U. The van der Waals surface area contributed by atoms with Crippen LogP contribution in [0.5, 0.6) is 11.5 Å². The summed E-state index contributed by atoms with van der Waals surface area (Å²) in [6.45, 7) is 1.02. The molecule has 0 bridgehead atoms. The number of rotatable bonds is 12. The number of hydrogen-bond donors (Lipinski definition) is 2. The summed E-state index contributed by atoms with van der Waals surface area (Å²) in [7, 11) is -2.09. The minimum atomic E-state index is -4.77. The van der Waals surface area contributed by atoms with Gasteiger partial charge in [-0.3, -0.25) is 23.0 Å². The standard InChI is InChI=1S/C23H20F3N3O4S.C22H18F3N3O2.CH3ClO2S.ClH.U/c1-34(31,32)27-18-10-6-16(7-11-18)14-28-20-4-2-3-5-21(20)29(22(28)30)15-17-8-12-19(13-9-17)33-23(24,25)26;23-22(24,25)30-18-11-7-16(8-12-18)14-28-20-4-2-1-3-19(20)27(21(28)29)13-15-5-9-17(26)10-6-15;1-5(2,3)4;;/h2-13,27H,14-15H2,1H3;1-12H,13-14,26H2;1H3;1H;. The van der Waals surface area contributed by atoms with E-state index in [1.165, 1.54) is 48.5 Å². The van der Waals surface area contributed by atoms with Crippen molar-refractivity contribution in [2.45, 2.75) is 38.9 Å². The fraction of sp³-hybridized carbons (Fsp3) is 0.174. The van der Waals surface area contributed by atoms with Gasteiger partial charge in [0.05, 0.1) is 60.8 Å². The SMILES string of the molecule is CS(=O)(=O)Cl.CS(=O)(=O)Nc1ccc(Cn2c(=O)n(Cc3ccc(OC(F)(F)F)cc3)c3ccccc32)cc1.Cl.Nc1ccc(Cn2c(=O)n(Cc3ccc(OC(F)(F)F)cc3)c3ccccc32)cc1.[U]. The maximum atomic E-state index is 13.3. The molecule has 0 unspecified atom stereocenters. The average Bonchev–Trinajstić information content (AvgIpc) is 3.66. The number of nitrogens with zero attached hydrogens (tertiary/aromatic N) is 4. The van der Waals surface area contributed by atoms with Crippen molar-refractivity contribution in [1.29, 1.82) is 0 Å². The van der Waals surface area contributed by atoms with Crippen molar-refractivity contribution in [2.75, 3.05) is 23.0 Å². The second kappa shape index (κ2) is 24.1. The first kappa shape index (κ1) is 57.7. The molecule has 8 aromatic rings. The van der Waals surface area contributed by atoms with Crippen LogP contribution in [-0.4, -0.2) is 60.3 Å². The zero-order valence-corrected chi connectivity index (χ0v) is 44.6. The molecule has 0 fully saturated rings. The summed E-state index contributed by atoms with van der Waals surface area (Å²) in [4.78, 5) is 26.4. The first-order valence-corrected chi connectivity index (χ1v) is 24.8. The molecule has 376 valence electrons. The number of nitrogen functional groups attached to an aromatic ring is 1. The third-order valence-electron chi connectivity index (χ3n) is 9.76. The number of aromatic nitrogens is 4. The Balaban J connectivity index is 0.000000276. The van der Waals surface area contributed by atoms with Gasteiger partial charge in [-0.15, -0.1) is 38.7 Å². The van der Waals surface area contributed by atoms with Gasteiger partial charge in [0.25, 0.3) is 0 Å².